The van der Waals surface area contributed by atoms with E-state index >= 15 is 0 Å². The van der Waals surface area contributed by atoms with Crippen LogP contribution in [0.1, 0.15) is 44.9 Å². The quantitative estimate of drug-likeness (QED) is 0.553. The van der Waals surface area contributed by atoms with Gasteiger partial charge in [-0.2, -0.15) is 0 Å². The van der Waals surface area contributed by atoms with Gasteiger partial charge in [0.25, 0.3) is 0 Å². The predicted octanol–water partition coefficient (Wildman–Crippen LogP) is 5.95. The number of pyridine rings is 1. The number of nitrogens with zero attached hydrogens (tertiary/aromatic N) is 1. The van der Waals surface area contributed by atoms with Gasteiger partial charge in [0.05, 0.1) is 6.10 Å². The Morgan fingerprint density at radius 2 is 1.74 bits per heavy atom. The summed E-state index contributed by atoms with van der Waals surface area (Å²) < 4.78 is 7.47. The van der Waals surface area contributed by atoms with Crippen LogP contribution in [0.25, 0.3) is 0 Å². The fraction of sp³-hybridized carbons (Fsp3) is 0.429. The molecule has 2 aromatic rings. The van der Waals surface area contributed by atoms with E-state index in [1.165, 1.54) is 0 Å². The molecule has 0 spiro atoms. The van der Waals surface area contributed by atoms with Crippen molar-refractivity contribution in [3.63, 3.8) is 0 Å². The van der Waals surface area contributed by atoms with Crippen molar-refractivity contribution in [2.75, 3.05) is 0 Å². The Kier molecular flexibility index (Phi) is 6.34. The first-order valence-corrected chi connectivity index (χ1v) is 12.7. The molecule has 0 bridgehead atoms. The Hall–Kier alpha value is -1.50. The highest BCUT2D eigenvalue weighted by Crippen LogP contribution is 2.47. The zero-order valence-electron chi connectivity index (χ0n) is 16.8. The van der Waals surface area contributed by atoms with Crippen molar-refractivity contribution >= 4 is 30.2 Å². The average Bonchev–Trinajstić information content (AvgIpc) is 2.58. The predicted molar refractivity (Wildman–Crippen MR) is 114 cm³/mol. The molecule has 1 aromatic heterocycles. The molecule has 0 aliphatic carbocycles. The summed E-state index contributed by atoms with van der Waals surface area (Å²) in [5.74, 6) is -0.935. The van der Waals surface area contributed by atoms with Gasteiger partial charge in [0.15, 0.2) is 8.32 Å². The SMILES string of the molecule is CC(C)(C)[Si](C)(C)O[C@H](c1ccccc1)[C@](C)(C(=O)O)c1cncc(Br)c1. The highest BCUT2D eigenvalue weighted by atomic mass is 79.9. The van der Waals surface area contributed by atoms with Gasteiger partial charge in [0.2, 0.25) is 0 Å². The van der Waals surface area contributed by atoms with Gasteiger partial charge in [-0.1, -0.05) is 51.1 Å². The molecule has 0 fully saturated rings. The van der Waals surface area contributed by atoms with Crippen LogP contribution >= 0.6 is 15.9 Å². The summed E-state index contributed by atoms with van der Waals surface area (Å²) in [4.78, 5) is 16.8. The van der Waals surface area contributed by atoms with Crippen molar-refractivity contribution in [2.24, 2.45) is 0 Å². The van der Waals surface area contributed by atoms with Crippen LogP contribution in [0.5, 0.6) is 0 Å². The lowest BCUT2D eigenvalue weighted by Crippen LogP contribution is -2.48. The molecule has 0 amide bonds. The van der Waals surface area contributed by atoms with Gasteiger partial charge in [0.1, 0.15) is 5.41 Å². The molecular weight excluding hydrogens is 422 g/mol. The lowest BCUT2D eigenvalue weighted by molar-refractivity contribution is -0.147. The van der Waals surface area contributed by atoms with Crippen molar-refractivity contribution in [2.45, 2.75) is 57.3 Å². The minimum Gasteiger partial charge on any atom is -0.481 e. The van der Waals surface area contributed by atoms with Crippen LogP contribution in [0.2, 0.25) is 18.1 Å². The molecule has 0 unspecified atom stereocenters. The van der Waals surface area contributed by atoms with Crippen LogP contribution in [0, 0.1) is 0 Å². The first kappa shape index (κ1) is 21.8. The number of benzene rings is 1. The second-order valence-electron chi connectivity index (χ2n) is 8.57. The molecule has 0 saturated carbocycles. The third-order valence-corrected chi connectivity index (χ3v) is 10.5. The van der Waals surface area contributed by atoms with Crippen LogP contribution in [-0.2, 0) is 14.6 Å². The van der Waals surface area contributed by atoms with Crippen LogP contribution in [0.3, 0.4) is 0 Å². The van der Waals surface area contributed by atoms with Gasteiger partial charge >= 0.3 is 5.97 Å². The fourth-order valence-electron chi connectivity index (χ4n) is 2.70. The summed E-state index contributed by atoms with van der Waals surface area (Å²) in [6.45, 7) is 12.5. The van der Waals surface area contributed by atoms with E-state index in [0.29, 0.717) is 5.56 Å². The van der Waals surface area contributed by atoms with Crippen LogP contribution in [0.15, 0.2) is 53.3 Å². The van der Waals surface area contributed by atoms with Gasteiger partial charge < -0.3 is 9.53 Å². The Labute approximate surface area is 171 Å². The number of aromatic nitrogens is 1. The second-order valence-corrected chi connectivity index (χ2v) is 14.2. The van der Waals surface area contributed by atoms with Gasteiger partial charge in [-0.05, 0) is 58.2 Å². The second kappa shape index (κ2) is 7.85. The lowest BCUT2D eigenvalue weighted by Gasteiger charge is -2.44. The van der Waals surface area contributed by atoms with Crippen molar-refractivity contribution in [1.82, 2.24) is 4.98 Å². The Balaban J connectivity index is 2.68. The van der Waals surface area contributed by atoms with Crippen LogP contribution < -0.4 is 0 Å². The molecule has 146 valence electrons. The maximum absolute atomic E-state index is 12.6. The summed E-state index contributed by atoms with van der Waals surface area (Å²) in [5, 5.41) is 10.3. The van der Waals surface area contributed by atoms with Gasteiger partial charge in [0, 0.05) is 16.9 Å². The van der Waals surface area contributed by atoms with Crippen molar-refractivity contribution in [3.8, 4) is 0 Å². The van der Waals surface area contributed by atoms with E-state index < -0.39 is 25.8 Å². The number of aliphatic carboxylic acids is 1. The number of hydrogen-bond donors (Lipinski definition) is 1. The van der Waals surface area contributed by atoms with Gasteiger partial charge in [-0.3, -0.25) is 9.78 Å². The topological polar surface area (TPSA) is 59.4 Å². The van der Waals surface area contributed by atoms with E-state index in [0.717, 1.165) is 10.0 Å². The summed E-state index contributed by atoms with van der Waals surface area (Å²) >= 11 is 3.41. The smallest absolute Gasteiger partial charge is 0.316 e. The normalized spacial score (nSPS) is 15.8. The van der Waals surface area contributed by atoms with Gasteiger partial charge in [-0.25, -0.2) is 0 Å². The minimum atomic E-state index is -2.25. The van der Waals surface area contributed by atoms with Crippen LogP contribution in [0.4, 0.5) is 0 Å². The van der Waals surface area contributed by atoms with E-state index in [9.17, 15) is 9.90 Å². The molecule has 0 aliphatic rings. The number of carbonyl (C=O) groups is 1. The zero-order chi connectivity index (χ0) is 20.5. The molecular formula is C21H28BrNO3Si. The summed E-state index contributed by atoms with van der Waals surface area (Å²) in [6, 6.07) is 11.4. The molecule has 4 nitrogen and oxygen atoms in total. The number of carboxylic acids is 1. The zero-order valence-corrected chi connectivity index (χ0v) is 19.4. The van der Waals surface area contributed by atoms with Crippen molar-refractivity contribution in [3.05, 3.63) is 64.4 Å². The van der Waals surface area contributed by atoms with E-state index in [-0.39, 0.29) is 5.04 Å². The molecule has 0 saturated heterocycles. The fourth-order valence-corrected chi connectivity index (χ4v) is 4.38. The van der Waals surface area contributed by atoms with E-state index in [1.807, 2.05) is 36.4 Å². The van der Waals surface area contributed by atoms with E-state index in [2.05, 4.69) is 54.8 Å². The Morgan fingerprint density at radius 3 is 2.22 bits per heavy atom. The summed E-state index contributed by atoms with van der Waals surface area (Å²) in [5.41, 5.74) is 0.178. The maximum Gasteiger partial charge on any atom is 0.316 e. The standard InChI is InChI=1S/C21H28BrNO3Si/c1-20(2,3)27(5,6)26-18(15-10-8-7-9-11-15)21(4,19(24)25)16-12-17(22)14-23-13-16/h7-14,18H,1-6H3,(H,24,25)/t18-,21-/m1/s1. The molecule has 27 heavy (non-hydrogen) atoms. The lowest BCUT2D eigenvalue weighted by atomic mass is 9.75. The summed E-state index contributed by atoms with van der Waals surface area (Å²) in [6.07, 6.45) is 2.63. The van der Waals surface area contributed by atoms with Crippen LogP contribution in [-0.4, -0.2) is 24.4 Å². The number of rotatable bonds is 6. The first-order chi connectivity index (χ1) is 12.4. The highest BCUT2D eigenvalue weighted by molar-refractivity contribution is 9.10. The van der Waals surface area contributed by atoms with Crippen molar-refractivity contribution < 1.29 is 14.3 Å². The Bertz CT molecular complexity index is 805. The molecule has 1 aromatic carbocycles. The first-order valence-electron chi connectivity index (χ1n) is 8.97. The van der Waals surface area contributed by atoms with Gasteiger partial charge in [-0.15, -0.1) is 0 Å². The number of halogens is 1. The largest absolute Gasteiger partial charge is 0.481 e. The minimum absolute atomic E-state index is 0.0467. The molecule has 2 atom stereocenters. The molecule has 1 N–H and O–H groups in total. The third kappa shape index (κ3) is 4.50. The summed E-state index contributed by atoms with van der Waals surface area (Å²) in [7, 11) is -2.25. The Morgan fingerprint density at radius 1 is 1.15 bits per heavy atom. The molecule has 1 heterocycles. The highest BCUT2D eigenvalue weighted by Gasteiger charge is 2.50. The molecule has 2 rings (SSSR count). The molecule has 0 radical (unpaired) electrons. The third-order valence-electron chi connectivity index (χ3n) is 5.59. The monoisotopic (exact) mass is 449 g/mol. The number of carboxylic acid groups (broad SMARTS) is 1. The number of hydrogen-bond acceptors (Lipinski definition) is 3. The van der Waals surface area contributed by atoms with Crippen molar-refractivity contribution in [1.29, 1.82) is 0 Å². The van der Waals surface area contributed by atoms with E-state index in [4.69, 9.17) is 4.43 Å². The molecule has 6 heteroatoms. The maximum atomic E-state index is 12.6. The average molecular weight is 450 g/mol. The molecule has 0 aliphatic heterocycles. The van der Waals surface area contributed by atoms with E-state index in [1.54, 1.807) is 19.3 Å².